The third-order valence-corrected chi connectivity index (χ3v) is 5.98. The molecule has 1 aliphatic carbocycles. The van der Waals surface area contributed by atoms with Crippen molar-refractivity contribution >= 4 is 18.1 Å². The van der Waals surface area contributed by atoms with Crippen LogP contribution >= 0.6 is 12.4 Å². The molecule has 0 radical (unpaired) electrons. The van der Waals surface area contributed by atoms with E-state index in [1.807, 2.05) is 0 Å². The molecule has 1 N–H and O–H groups in total. The molecule has 2 aromatic rings. The van der Waals surface area contributed by atoms with Crippen molar-refractivity contribution in [1.29, 1.82) is 0 Å². The molecule has 0 bridgehead atoms. The Bertz CT molecular complexity index is 667. The zero-order valence-corrected chi connectivity index (χ0v) is 16.4. The van der Waals surface area contributed by atoms with Crippen molar-refractivity contribution in [2.45, 2.75) is 57.0 Å². The average Bonchev–Trinajstić information content (AvgIpc) is 2.70. The Morgan fingerprint density at radius 2 is 1.65 bits per heavy atom. The molecule has 1 fully saturated rings. The van der Waals surface area contributed by atoms with Crippen molar-refractivity contribution in [1.82, 2.24) is 5.32 Å². The number of para-hydroxylation sites is 1. The molecule has 1 heterocycles. The summed E-state index contributed by atoms with van der Waals surface area (Å²) in [5.41, 5.74) is 4.50. The summed E-state index contributed by atoms with van der Waals surface area (Å²) in [5.74, 6) is 0. The zero-order valence-electron chi connectivity index (χ0n) is 15.6. The topological polar surface area (TPSA) is 15.3 Å². The highest BCUT2D eigenvalue weighted by atomic mass is 35.5. The predicted molar refractivity (Wildman–Crippen MR) is 114 cm³/mol. The Labute approximate surface area is 164 Å². The maximum atomic E-state index is 3.72. The van der Waals surface area contributed by atoms with Crippen LogP contribution in [0.2, 0.25) is 0 Å². The van der Waals surface area contributed by atoms with Gasteiger partial charge in [-0.15, -0.1) is 12.4 Å². The van der Waals surface area contributed by atoms with Crippen LogP contribution in [0.4, 0.5) is 5.69 Å². The van der Waals surface area contributed by atoms with E-state index in [0.29, 0.717) is 12.1 Å². The zero-order chi connectivity index (χ0) is 16.9. The monoisotopic (exact) mass is 370 g/mol. The molecule has 4 rings (SSSR count). The summed E-state index contributed by atoms with van der Waals surface area (Å²) in [4.78, 5) is 2.69. The number of nitrogens with one attached hydrogen (secondary N) is 1. The highest BCUT2D eigenvalue weighted by Gasteiger charge is 2.25. The van der Waals surface area contributed by atoms with Crippen LogP contribution in [-0.4, -0.2) is 25.2 Å². The molecule has 2 nitrogen and oxygen atoms in total. The molecule has 2 unspecified atom stereocenters. The van der Waals surface area contributed by atoms with E-state index in [4.69, 9.17) is 0 Å². The Morgan fingerprint density at radius 1 is 0.885 bits per heavy atom. The van der Waals surface area contributed by atoms with Gasteiger partial charge in [-0.3, -0.25) is 0 Å². The van der Waals surface area contributed by atoms with Crippen molar-refractivity contribution in [2.24, 2.45) is 0 Å². The van der Waals surface area contributed by atoms with Crippen molar-refractivity contribution in [3.05, 3.63) is 65.7 Å². The van der Waals surface area contributed by atoms with E-state index in [1.54, 1.807) is 11.1 Å². The first-order valence-electron chi connectivity index (χ1n) is 10.0. The first-order valence-corrected chi connectivity index (χ1v) is 10.0. The van der Waals surface area contributed by atoms with Crippen LogP contribution in [0.3, 0.4) is 0 Å². The lowest BCUT2D eigenvalue weighted by molar-refractivity contribution is 0.376. The minimum atomic E-state index is 0. The van der Waals surface area contributed by atoms with Crippen LogP contribution < -0.4 is 10.2 Å². The van der Waals surface area contributed by atoms with Gasteiger partial charge in [-0.2, -0.15) is 0 Å². The molecule has 0 amide bonds. The predicted octanol–water partition coefficient (Wildman–Crippen LogP) is 5.00. The van der Waals surface area contributed by atoms with E-state index in [1.165, 1.54) is 57.2 Å². The summed E-state index contributed by atoms with van der Waals surface area (Å²) < 4.78 is 0. The minimum Gasteiger partial charge on any atom is -0.368 e. The molecule has 2 atom stereocenters. The van der Waals surface area contributed by atoms with Crippen LogP contribution in [0, 0.1) is 0 Å². The van der Waals surface area contributed by atoms with Gasteiger partial charge in [0.1, 0.15) is 0 Å². The molecule has 2 aromatic carbocycles. The molecule has 140 valence electrons. The van der Waals surface area contributed by atoms with Gasteiger partial charge >= 0.3 is 0 Å². The fourth-order valence-electron chi connectivity index (χ4n) is 4.55. The summed E-state index contributed by atoms with van der Waals surface area (Å²) in [6.45, 7) is 2.36. The van der Waals surface area contributed by atoms with Crippen LogP contribution in [0.1, 0.15) is 43.2 Å². The summed E-state index contributed by atoms with van der Waals surface area (Å²) in [7, 11) is 0. The number of fused-ring (bicyclic) bond motifs is 1. The summed E-state index contributed by atoms with van der Waals surface area (Å²) in [6.07, 6.45) is 9.00. The molecule has 26 heavy (non-hydrogen) atoms. The molecule has 1 saturated heterocycles. The van der Waals surface area contributed by atoms with Gasteiger partial charge in [-0.1, -0.05) is 48.9 Å². The van der Waals surface area contributed by atoms with Gasteiger partial charge < -0.3 is 10.2 Å². The largest absolute Gasteiger partial charge is 0.368 e. The van der Waals surface area contributed by atoms with Crippen LogP contribution in [0.15, 0.2) is 54.6 Å². The fraction of sp³-hybridized carbons (Fsp3) is 0.478. The number of halogens is 1. The van der Waals surface area contributed by atoms with Gasteiger partial charge in [0.2, 0.25) is 0 Å². The van der Waals surface area contributed by atoms with E-state index in [2.05, 4.69) is 64.8 Å². The van der Waals surface area contributed by atoms with Gasteiger partial charge in [0.15, 0.2) is 0 Å². The van der Waals surface area contributed by atoms with Gasteiger partial charge in [0.25, 0.3) is 0 Å². The smallest absolute Gasteiger partial charge is 0.0368 e. The average molecular weight is 371 g/mol. The first-order chi connectivity index (χ1) is 12.4. The molecule has 0 aromatic heterocycles. The Hall–Kier alpha value is -1.51. The number of nitrogens with zero attached hydrogens (tertiary/aromatic N) is 1. The van der Waals surface area contributed by atoms with Gasteiger partial charge in [0.05, 0.1) is 0 Å². The van der Waals surface area contributed by atoms with Crippen molar-refractivity contribution in [3.63, 3.8) is 0 Å². The number of hydrogen-bond acceptors (Lipinski definition) is 2. The second-order valence-corrected chi connectivity index (χ2v) is 7.63. The highest BCUT2D eigenvalue weighted by molar-refractivity contribution is 5.85. The van der Waals surface area contributed by atoms with E-state index in [-0.39, 0.29) is 12.4 Å². The van der Waals surface area contributed by atoms with Gasteiger partial charge in [-0.25, -0.2) is 0 Å². The molecule has 0 spiro atoms. The van der Waals surface area contributed by atoms with Gasteiger partial charge in [-0.05, 0) is 68.3 Å². The van der Waals surface area contributed by atoms with Crippen LogP contribution in [-0.2, 0) is 12.8 Å². The lowest BCUT2D eigenvalue weighted by atomic mass is 9.87. The SMILES string of the molecule is Cl.c1ccc(N(CCC2CCCCN2)C2CCc3ccccc3C2)cc1. The molecule has 0 saturated carbocycles. The van der Waals surface area contributed by atoms with Crippen molar-refractivity contribution in [2.75, 3.05) is 18.0 Å². The van der Waals surface area contributed by atoms with Crippen LogP contribution in [0.25, 0.3) is 0 Å². The quantitative estimate of drug-likeness (QED) is 0.796. The summed E-state index contributed by atoms with van der Waals surface area (Å²) in [5, 5.41) is 3.72. The van der Waals surface area contributed by atoms with Crippen molar-refractivity contribution in [3.8, 4) is 0 Å². The third kappa shape index (κ3) is 4.61. The van der Waals surface area contributed by atoms with Gasteiger partial charge in [0, 0.05) is 24.3 Å². The summed E-state index contributed by atoms with van der Waals surface area (Å²) in [6, 6.07) is 21.4. The lowest BCUT2D eigenvalue weighted by Crippen LogP contribution is -2.43. The molecule has 1 aliphatic heterocycles. The molecular weight excluding hydrogens is 340 g/mol. The van der Waals surface area contributed by atoms with Crippen molar-refractivity contribution < 1.29 is 0 Å². The third-order valence-electron chi connectivity index (χ3n) is 5.98. The highest BCUT2D eigenvalue weighted by Crippen LogP contribution is 2.28. The second kappa shape index (κ2) is 9.43. The lowest BCUT2D eigenvalue weighted by Gasteiger charge is -2.38. The number of hydrogen-bond donors (Lipinski definition) is 1. The Kier molecular flexibility index (Phi) is 6.99. The molecule has 2 aliphatic rings. The minimum absolute atomic E-state index is 0. The standard InChI is InChI=1S/C23H30N2.ClH/c1-2-11-22(12-3-1)25(17-15-21-10-6-7-16-24-21)23-14-13-19-8-4-5-9-20(19)18-23;/h1-5,8-9,11-12,21,23-24H,6-7,10,13-18H2;1H. The Morgan fingerprint density at radius 3 is 2.42 bits per heavy atom. The Balaban J connectivity index is 0.00000196. The first kappa shape index (κ1) is 19.3. The maximum absolute atomic E-state index is 3.72. The number of anilines is 1. The normalized spacial score (nSPS) is 22.2. The summed E-state index contributed by atoms with van der Waals surface area (Å²) >= 11 is 0. The number of aryl methyl sites for hydroxylation is 1. The maximum Gasteiger partial charge on any atom is 0.0368 e. The van der Waals surface area contributed by atoms with E-state index >= 15 is 0 Å². The number of piperidine rings is 1. The van der Waals surface area contributed by atoms with E-state index in [0.717, 1.165) is 6.54 Å². The number of rotatable bonds is 5. The van der Waals surface area contributed by atoms with E-state index in [9.17, 15) is 0 Å². The second-order valence-electron chi connectivity index (χ2n) is 7.63. The molecular formula is C23H31ClN2. The number of benzene rings is 2. The fourth-order valence-corrected chi connectivity index (χ4v) is 4.55. The van der Waals surface area contributed by atoms with Crippen LogP contribution in [0.5, 0.6) is 0 Å². The van der Waals surface area contributed by atoms with E-state index < -0.39 is 0 Å². The molecule has 3 heteroatoms.